The van der Waals surface area contributed by atoms with Crippen molar-refractivity contribution >= 4 is 17.6 Å². The molecule has 6 heteroatoms. The molecule has 2 unspecified atom stereocenters. The summed E-state index contributed by atoms with van der Waals surface area (Å²) in [5.41, 5.74) is 11.4. The second-order valence-electron chi connectivity index (χ2n) is 5.69. The lowest BCUT2D eigenvalue weighted by Crippen LogP contribution is -2.52. The molecule has 0 amide bonds. The first kappa shape index (κ1) is 12.5. The summed E-state index contributed by atoms with van der Waals surface area (Å²) in [6.07, 6.45) is 3.78. The van der Waals surface area contributed by atoms with Crippen LogP contribution in [0.3, 0.4) is 0 Å². The maximum Gasteiger partial charge on any atom is 0.223 e. The molecule has 3 rings (SSSR count). The van der Waals surface area contributed by atoms with Gasteiger partial charge in [0.25, 0.3) is 0 Å². The predicted octanol–water partition coefficient (Wildman–Crippen LogP) is 0.562. The van der Waals surface area contributed by atoms with E-state index in [-0.39, 0.29) is 5.95 Å². The highest BCUT2D eigenvalue weighted by Gasteiger charge is 2.34. The van der Waals surface area contributed by atoms with Crippen LogP contribution in [0.4, 0.5) is 17.6 Å². The van der Waals surface area contributed by atoms with Gasteiger partial charge in [-0.15, -0.1) is 0 Å². The zero-order chi connectivity index (χ0) is 13.4. The number of hydrogen-bond donors (Lipinski definition) is 2. The Morgan fingerprint density at radius 3 is 2.84 bits per heavy atom. The summed E-state index contributed by atoms with van der Waals surface area (Å²) < 4.78 is 0. The van der Waals surface area contributed by atoms with E-state index in [9.17, 15) is 0 Å². The summed E-state index contributed by atoms with van der Waals surface area (Å²) in [7, 11) is 2.24. The first-order chi connectivity index (χ1) is 9.13. The highest BCUT2D eigenvalue weighted by molar-refractivity contribution is 5.50. The van der Waals surface area contributed by atoms with E-state index in [0.717, 1.165) is 30.9 Å². The number of anilines is 3. The molecule has 2 atom stereocenters. The fraction of sp³-hybridized carbons (Fsp3) is 0.692. The zero-order valence-electron chi connectivity index (χ0n) is 11.4. The van der Waals surface area contributed by atoms with Crippen molar-refractivity contribution in [3.63, 3.8) is 0 Å². The summed E-state index contributed by atoms with van der Waals surface area (Å²) in [6.45, 7) is 3.29. The second kappa shape index (κ2) is 4.85. The SMILES string of the molecule is CN1CCCC2CN(c3cc(N)nc(N)n3)CCC21. The van der Waals surface area contributed by atoms with Crippen LogP contribution in [0.5, 0.6) is 0 Å². The molecule has 2 aliphatic rings. The van der Waals surface area contributed by atoms with E-state index in [4.69, 9.17) is 11.5 Å². The number of piperidine rings is 2. The molecule has 3 heterocycles. The lowest BCUT2D eigenvalue weighted by molar-refractivity contribution is 0.102. The first-order valence-electron chi connectivity index (χ1n) is 6.98. The van der Waals surface area contributed by atoms with Crippen LogP contribution in [-0.2, 0) is 0 Å². The minimum atomic E-state index is 0.262. The van der Waals surface area contributed by atoms with Gasteiger partial charge >= 0.3 is 0 Å². The Hall–Kier alpha value is -1.56. The van der Waals surface area contributed by atoms with Gasteiger partial charge in [0.1, 0.15) is 11.6 Å². The largest absolute Gasteiger partial charge is 0.383 e. The smallest absolute Gasteiger partial charge is 0.223 e. The second-order valence-corrected chi connectivity index (χ2v) is 5.69. The van der Waals surface area contributed by atoms with E-state index in [1.165, 1.54) is 25.8 Å². The zero-order valence-corrected chi connectivity index (χ0v) is 11.4. The average molecular weight is 262 g/mol. The van der Waals surface area contributed by atoms with Gasteiger partial charge in [0.15, 0.2) is 0 Å². The van der Waals surface area contributed by atoms with Gasteiger partial charge in [-0.3, -0.25) is 0 Å². The highest BCUT2D eigenvalue weighted by Crippen LogP contribution is 2.31. The van der Waals surface area contributed by atoms with E-state index in [1.807, 2.05) is 6.07 Å². The van der Waals surface area contributed by atoms with Crippen molar-refractivity contribution in [1.82, 2.24) is 14.9 Å². The van der Waals surface area contributed by atoms with Gasteiger partial charge in [-0.25, -0.2) is 0 Å². The van der Waals surface area contributed by atoms with Crippen LogP contribution in [0.1, 0.15) is 19.3 Å². The molecule has 2 aliphatic heterocycles. The Labute approximate surface area is 113 Å². The third-order valence-corrected chi connectivity index (χ3v) is 4.42. The average Bonchev–Trinajstić information content (AvgIpc) is 2.37. The molecule has 2 saturated heterocycles. The number of nitrogens with two attached hydrogens (primary N) is 2. The van der Waals surface area contributed by atoms with Crippen LogP contribution in [0.25, 0.3) is 0 Å². The van der Waals surface area contributed by atoms with Crippen molar-refractivity contribution in [2.45, 2.75) is 25.3 Å². The Bertz CT molecular complexity index is 442. The van der Waals surface area contributed by atoms with Crippen molar-refractivity contribution in [3.05, 3.63) is 6.07 Å². The minimum absolute atomic E-state index is 0.262. The maximum absolute atomic E-state index is 5.75. The highest BCUT2D eigenvalue weighted by atomic mass is 15.3. The molecule has 19 heavy (non-hydrogen) atoms. The lowest BCUT2D eigenvalue weighted by atomic mass is 9.84. The lowest BCUT2D eigenvalue weighted by Gasteiger charge is -2.46. The molecule has 0 aliphatic carbocycles. The summed E-state index contributed by atoms with van der Waals surface area (Å²) in [5, 5.41) is 0. The number of likely N-dealkylation sites (tertiary alicyclic amines) is 1. The number of hydrogen-bond acceptors (Lipinski definition) is 6. The standard InChI is InChI=1S/C13H22N6/c1-18-5-2-3-9-8-19(6-4-10(9)18)12-7-11(14)16-13(15)17-12/h7,9-10H,2-6,8H2,1H3,(H4,14,15,16,17). The summed E-state index contributed by atoms with van der Waals surface area (Å²) in [6, 6.07) is 2.55. The van der Waals surface area contributed by atoms with Crippen molar-refractivity contribution in [2.75, 3.05) is 43.0 Å². The third-order valence-electron chi connectivity index (χ3n) is 4.42. The molecule has 6 nitrogen and oxygen atoms in total. The maximum atomic E-state index is 5.75. The van der Waals surface area contributed by atoms with Gasteiger partial charge in [0.05, 0.1) is 0 Å². The molecule has 0 bridgehead atoms. The molecule has 0 spiro atoms. The number of nitrogen functional groups attached to an aromatic ring is 2. The molecule has 104 valence electrons. The Morgan fingerprint density at radius 2 is 2.05 bits per heavy atom. The quantitative estimate of drug-likeness (QED) is 0.769. The molecule has 2 fully saturated rings. The van der Waals surface area contributed by atoms with Crippen molar-refractivity contribution in [3.8, 4) is 0 Å². The van der Waals surface area contributed by atoms with E-state index in [1.54, 1.807) is 0 Å². The molecular formula is C13H22N6. The topological polar surface area (TPSA) is 84.3 Å². The molecule has 0 radical (unpaired) electrons. The van der Waals surface area contributed by atoms with Gasteiger partial charge in [-0.05, 0) is 38.8 Å². The summed E-state index contributed by atoms with van der Waals surface area (Å²) in [5.74, 6) is 2.31. The van der Waals surface area contributed by atoms with Crippen molar-refractivity contribution in [1.29, 1.82) is 0 Å². The fourth-order valence-electron chi connectivity index (χ4n) is 3.49. The molecule has 0 aromatic carbocycles. The monoisotopic (exact) mass is 262 g/mol. The fourth-order valence-corrected chi connectivity index (χ4v) is 3.49. The van der Waals surface area contributed by atoms with Gasteiger partial charge < -0.3 is 21.3 Å². The van der Waals surface area contributed by atoms with Crippen molar-refractivity contribution < 1.29 is 0 Å². The van der Waals surface area contributed by atoms with Crippen molar-refractivity contribution in [2.24, 2.45) is 5.92 Å². The summed E-state index contributed by atoms with van der Waals surface area (Å²) in [4.78, 5) is 13.1. The molecule has 1 aromatic heterocycles. The van der Waals surface area contributed by atoms with Crippen LogP contribution in [-0.4, -0.2) is 47.6 Å². The third kappa shape index (κ3) is 2.45. The van der Waals surface area contributed by atoms with E-state index in [2.05, 4.69) is 26.8 Å². The molecule has 1 aromatic rings. The number of fused-ring (bicyclic) bond motifs is 1. The van der Waals surface area contributed by atoms with Crippen LogP contribution in [0.2, 0.25) is 0 Å². The van der Waals surface area contributed by atoms with Gasteiger partial charge in [-0.1, -0.05) is 0 Å². The van der Waals surface area contributed by atoms with E-state index >= 15 is 0 Å². The molecule has 4 N–H and O–H groups in total. The summed E-state index contributed by atoms with van der Waals surface area (Å²) >= 11 is 0. The van der Waals surface area contributed by atoms with Crippen LogP contribution >= 0.6 is 0 Å². The normalized spacial score (nSPS) is 28.2. The van der Waals surface area contributed by atoms with Gasteiger partial charge in [-0.2, -0.15) is 9.97 Å². The van der Waals surface area contributed by atoms with E-state index in [0.29, 0.717) is 5.82 Å². The minimum Gasteiger partial charge on any atom is -0.383 e. The Morgan fingerprint density at radius 1 is 1.21 bits per heavy atom. The number of rotatable bonds is 1. The van der Waals surface area contributed by atoms with Gasteiger partial charge in [0, 0.05) is 25.2 Å². The van der Waals surface area contributed by atoms with Gasteiger partial charge in [0.2, 0.25) is 5.95 Å². The Balaban J connectivity index is 1.77. The first-order valence-corrected chi connectivity index (χ1v) is 6.98. The predicted molar refractivity (Wildman–Crippen MR) is 76.8 cm³/mol. The molecule has 0 saturated carbocycles. The van der Waals surface area contributed by atoms with Crippen LogP contribution < -0.4 is 16.4 Å². The van der Waals surface area contributed by atoms with Crippen LogP contribution in [0, 0.1) is 5.92 Å². The molecular weight excluding hydrogens is 240 g/mol. The number of nitrogens with zero attached hydrogens (tertiary/aromatic N) is 4. The number of aromatic nitrogens is 2. The Kier molecular flexibility index (Phi) is 3.18. The van der Waals surface area contributed by atoms with E-state index < -0.39 is 0 Å². The van der Waals surface area contributed by atoms with Crippen LogP contribution in [0.15, 0.2) is 6.07 Å².